The van der Waals surface area contributed by atoms with Crippen LogP contribution in [-0.2, 0) is 19.0 Å². The number of carbonyl (C=O) groups excluding carboxylic acids is 1. The van der Waals surface area contributed by atoms with E-state index in [2.05, 4.69) is 0 Å². The molecule has 6 N–H and O–H groups in total. The van der Waals surface area contributed by atoms with Crippen LogP contribution in [0.3, 0.4) is 0 Å². The van der Waals surface area contributed by atoms with Gasteiger partial charge in [-0.3, -0.25) is 0 Å². The lowest BCUT2D eigenvalue weighted by Crippen LogP contribution is -2.59. The highest BCUT2D eigenvalue weighted by atomic mass is 16.7. The summed E-state index contributed by atoms with van der Waals surface area (Å²) >= 11 is 0. The van der Waals surface area contributed by atoms with E-state index in [-0.39, 0.29) is 24.7 Å². The van der Waals surface area contributed by atoms with Crippen molar-refractivity contribution in [3.8, 4) is 11.5 Å². The molecule has 0 unspecified atom stereocenters. The van der Waals surface area contributed by atoms with Crippen LogP contribution in [0.5, 0.6) is 11.5 Å². The Balaban J connectivity index is 1.91. The Morgan fingerprint density at radius 2 is 1.87 bits per heavy atom. The van der Waals surface area contributed by atoms with Crippen molar-refractivity contribution in [1.29, 1.82) is 0 Å². The van der Waals surface area contributed by atoms with Crippen LogP contribution in [0.2, 0.25) is 0 Å². The predicted octanol–water partition coefficient (Wildman–Crippen LogP) is -0.583. The number of hydrogen-bond acceptors (Lipinski definition) is 10. The summed E-state index contributed by atoms with van der Waals surface area (Å²) in [7, 11) is 0. The van der Waals surface area contributed by atoms with Gasteiger partial charge in [-0.2, -0.15) is 0 Å². The third-order valence-corrected chi connectivity index (χ3v) is 4.38. The lowest BCUT2D eigenvalue weighted by atomic mass is 9.99. The smallest absolute Gasteiger partial charge is 0.330 e. The first-order chi connectivity index (χ1) is 14.2. The third-order valence-electron chi connectivity index (χ3n) is 4.38. The summed E-state index contributed by atoms with van der Waals surface area (Å²) in [5.41, 5.74) is 1.11. The molecule has 1 aliphatic heterocycles. The number of benzene rings is 1. The average molecular weight is 426 g/mol. The van der Waals surface area contributed by atoms with E-state index in [1.165, 1.54) is 30.4 Å². The number of carbonyl (C=O) groups is 1. The SMILES string of the molecule is CC(=CCO)CO[C@@H]1O[C@H](COC(=O)C=Cc2ccc(O)c(O)c2)[C@@H](O)[C@H](O)[C@H]1O. The summed E-state index contributed by atoms with van der Waals surface area (Å²) in [5, 5.41) is 57.6. The molecule has 30 heavy (non-hydrogen) atoms. The summed E-state index contributed by atoms with van der Waals surface area (Å²) in [4.78, 5) is 11.9. The van der Waals surface area contributed by atoms with Crippen LogP contribution in [0.4, 0.5) is 0 Å². The van der Waals surface area contributed by atoms with Crippen LogP contribution >= 0.6 is 0 Å². The Kier molecular flexibility index (Phi) is 8.78. The zero-order valence-electron chi connectivity index (χ0n) is 16.3. The van der Waals surface area contributed by atoms with Crippen LogP contribution in [0.25, 0.3) is 6.08 Å². The quantitative estimate of drug-likeness (QED) is 0.137. The van der Waals surface area contributed by atoms with Gasteiger partial charge in [-0.25, -0.2) is 4.79 Å². The fourth-order valence-electron chi connectivity index (χ4n) is 2.64. The third kappa shape index (κ3) is 6.52. The molecule has 0 radical (unpaired) electrons. The summed E-state index contributed by atoms with van der Waals surface area (Å²) in [6, 6.07) is 3.98. The van der Waals surface area contributed by atoms with Crippen LogP contribution in [0, 0.1) is 0 Å². The molecule has 0 saturated carbocycles. The Bertz CT molecular complexity index is 775. The van der Waals surface area contributed by atoms with Crippen molar-refractivity contribution < 1.29 is 49.6 Å². The highest BCUT2D eigenvalue weighted by molar-refractivity contribution is 5.87. The molecule has 5 atom stereocenters. The maximum atomic E-state index is 11.9. The number of esters is 1. The second-order valence-corrected chi connectivity index (χ2v) is 6.77. The Hall–Kier alpha value is -2.47. The monoisotopic (exact) mass is 426 g/mol. The van der Waals surface area contributed by atoms with Crippen molar-refractivity contribution in [2.24, 2.45) is 0 Å². The van der Waals surface area contributed by atoms with Crippen molar-refractivity contribution in [3.63, 3.8) is 0 Å². The Morgan fingerprint density at radius 3 is 2.53 bits per heavy atom. The molecule has 1 aromatic rings. The van der Waals surface area contributed by atoms with Gasteiger partial charge in [0, 0.05) is 6.08 Å². The highest BCUT2D eigenvalue weighted by Crippen LogP contribution is 2.25. The zero-order valence-corrected chi connectivity index (χ0v) is 16.3. The molecular formula is C20H26O10. The molecule has 0 bridgehead atoms. The van der Waals surface area contributed by atoms with E-state index in [9.17, 15) is 30.3 Å². The largest absolute Gasteiger partial charge is 0.504 e. The second kappa shape index (κ2) is 11.1. The van der Waals surface area contributed by atoms with Crippen LogP contribution in [0.15, 0.2) is 35.9 Å². The number of aliphatic hydroxyl groups excluding tert-OH is 4. The molecular weight excluding hydrogens is 400 g/mol. The van der Waals surface area contributed by atoms with Gasteiger partial charge in [0.25, 0.3) is 0 Å². The number of hydrogen-bond donors (Lipinski definition) is 6. The van der Waals surface area contributed by atoms with Gasteiger partial charge in [-0.1, -0.05) is 12.1 Å². The van der Waals surface area contributed by atoms with Gasteiger partial charge in [0.15, 0.2) is 17.8 Å². The summed E-state index contributed by atoms with van der Waals surface area (Å²) < 4.78 is 15.8. The van der Waals surface area contributed by atoms with E-state index in [0.29, 0.717) is 11.1 Å². The summed E-state index contributed by atoms with van der Waals surface area (Å²) in [6.07, 6.45) is -3.11. The molecule has 1 aromatic carbocycles. The molecule has 10 nitrogen and oxygen atoms in total. The van der Waals surface area contributed by atoms with Crippen molar-refractivity contribution in [3.05, 3.63) is 41.5 Å². The fraction of sp³-hybridized carbons (Fsp3) is 0.450. The molecule has 0 aromatic heterocycles. The first-order valence-corrected chi connectivity index (χ1v) is 9.17. The second-order valence-electron chi connectivity index (χ2n) is 6.77. The molecule has 1 saturated heterocycles. The fourth-order valence-corrected chi connectivity index (χ4v) is 2.64. The normalized spacial score (nSPS) is 27.4. The van der Waals surface area contributed by atoms with Gasteiger partial charge in [0.1, 0.15) is 31.0 Å². The van der Waals surface area contributed by atoms with Crippen molar-refractivity contribution in [1.82, 2.24) is 0 Å². The van der Waals surface area contributed by atoms with E-state index in [0.717, 1.165) is 6.08 Å². The number of rotatable bonds is 8. The highest BCUT2D eigenvalue weighted by Gasteiger charge is 2.44. The van der Waals surface area contributed by atoms with E-state index in [4.69, 9.17) is 19.3 Å². The number of ether oxygens (including phenoxy) is 3. The molecule has 10 heteroatoms. The van der Waals surface area contributed by atoms with Crippen molar-refractivity contribution >= 4 is 12.0 Å². The standard InChI is InChI=1S/C20H26O10/c1-11(6-7-21)9-29-20-19(27)18(26)17(25)15(30-20)10-28-16(24)5-3-12-2-4-13(22)14(23)8-12/h2-6,8,15,17-23,25-27H,7,9-10H2,1H3/t15-,17-,18+,19-,20-/m1/s1. The molecule has 0 aliphatic carbocycles. The molecule has 1 heterocycles. The minimum Gasteiger partial charge on any atom is -0.504 e. The predicted molar refractivity (Wildman–Crippen MR) is 103 cm³/mol. The number of aromatic hydroxyl groups is 2. The zero-order chi connectivity index (χ0) is 22.3. The first kappa shape index (κ1) is 23.8. The van der Waals surface area contributed by atoms with Crippen molar-refractivity contribution in [2.45, 2.75) is 37.6 Å². The minimum atomic E-state index is -1.58. The summed E-state index contributed by atoms with van der Waals surface area (Å²) in [6.45, 7) is 1.11. The van der Waals surface area contributed by atoms with Crippen LogP contribution in [-0.4, -0.2) is 87.1 Å². The molecule has 2 rings (SSSR count). The van der Waals surface area contributed by atoms with Gasteiger partial charge in [-0.05, 0) is 36.3 Å². The van der Waals surface area contributed by atoms with Gasteiger partial charge in [0.05, 0.1) is 13.2 Å². The topological polar surface area (TPSA) is 166 Å². The molecule has 0 amide bonds. The number of phenolic OH excluding ortho intramolecular Hbond substituents is 2. The number of phenols is 2. The molecule has 1 aliphatic rings. The van der Waals surface area contributed by atoms with Gasteiger partial charge in [0.2, 0.25) is 0 Å². The maximum absolute atomic E-state index is 11.9. The minimum absolute atomic E-state index is 0.0137. The van der Waals surface area contributed by atoms with Crippen molar-refractivity contribution in [2.75, 3.05) is 19.8 Å². The van der Waals surface area contributed by atoms with Crippen LogP contribution < -0.4 is 0 Å². The van der Waals surface area contributed by atoms with E-state index in [1.54, 1.807) is 6.92 Å². The first-order valence-electron chi connectivity index (χ1n) is 9.17. The van der Waals surface area contributed by atoms with E-state index < -0.39 is 43.3 Å². The average Bonchev–Trinajstić information content (AvgIpc) is 2.72. The Morgan fingerprint density at radius 1 is 1.13 bits per heavy atom. The Labute approximate surface area is 172 Å². The molecule has 1 fully saturated rings. The maximum Gasteiger partial charge on any atom is 0.330 e. The van der Waals surface area contributed by atoms with E-state index in [1.807, 2.05) is 0 Å². The molecule has 166 valence electrons. The lowest BCUT2D eigenvalue weighted by Gasteiger charge is -2.39. The number of aliphatic hydroxyl groups is 4. The van der Waals surface area contributed by atoms with Gasteiger partial charge >= 0.3 is 5.97 Å². The van der Waals surface area contributed by atoms with Gasteiger partial charge in [-0.15, -0.1) is 0 Å². The molecule has 0 spiro atoms. The van der Waals surface area contributed by atoms with Gasteiger partial charge < -0.3 is 44.8 Å². The lowest BCUT2D eigenvalue weighted by molar-refractivity contribution is -0.299. The van der Waals surface area contributed by atoms with Crippen LogP contribution in [0.1, 0.15) is 12.5 Å². The van der Waals surface area contributed by atoms with E-state index >= 15 is 0 Å². The summed E-state index contributed by atoms with van der Waals surface area (Å²) in [5.74, 6) is -1.41.